The first kappa shape index (κ1) is 14.9. The number of hydrogen-bond donors (Lipinski definition) is 0. The van der Waals surface area contributed by atoms with Crippen LogP contribution in [0, 0.1) is 0 Å². The Bertz CT molecular complexity index is 253. The summed E-state index contributed by atoms with van der Waals surface area (Å²) in [5.74, 6) is 0.154. The van der Waals surface area contributed by atoms with Gasteiger partial charge in [0.25, 0.3) is 0 Å². The van der Waals surface area contributed by atoms with Crippen LogP contribution in [0.2, 0.25) is 0 Å². The van der Waals surface area contributed by atoms with Gasteiger partial charge < -0.3 is 4.90 Å². The van der Waals surface area contributed by atoms with Crippen LogP contribution in [0.15, 0.2) is 23.8 Å². The first-order valence-electron chi connectivity index (χ1n) is 6.17. The van der Waals surface area contributed by atoms with Gasteiger partial charge in [0.2, 0.25) is 5.91 Å². The number of rotatable bonds is 7. The second-order valence-electron chi connectivity index (χ2n) is 4.04. The molecule has 0 atom stereocenters. The molecule has 2 nitrogen and oxygen atoms in total. The Morgan fingerprint density at radius 2 is 1.81 bits per heavy atom. The molecule has 0 N–H and O–H groups in total. The molecule has 0 heterocycles. The molecule has 2 heteroatoms. The van der Waals surface area contributed by atoms with E-state index in [9.17, 15) is 4.79 Å². The van der Waals surface area contributed by atoms with Crippen LogP contribution in [0.25, 0.3) is 0 Å². The average Bonchev–Trinajstić information content (AvgIpc) is 2.25. The third-order valence-corrected chi connectivity index (χ3v) is 2.50. The lowest BCUT2D eigenvalue weighted by molar-refractivity contribution is -0.128. The molecule has 1 amide bonds. The molecule has 92 valence electrons. The van der Waals surface area contributed by atoms with Crippen LogP contribution in [0.3, 0.4) is 0 Å². The third kappa shape index (κ3) is 7.27. The lowest BCUT2D eigenvalue weighted by Gasteiger charge is -2.19. The molecule has 0 spiro atoms. The monoisotopic (exact) mass is 223 g/mol. The van der Waals surface area contributed by atoms with E-state index in [-0.39, 0.29) is 5.91 Å². The van der Waals surface area contributed by atoms with Gasteiger partial charge in [-0.1, -0.05) is 30.7 Å². The summed E-state index contributed by atoms with van der Waals surface area (Å²) in [6.45, 7) is 9.43. The third-order valence-electron chi connectivity index (χ3n) is 2.50. The minimum atomic E-state index is 0.154. The molecule has 0 aliphatic rings. The standard InChI is InChI=1S/C14H25NO/c1-5-7-8-9-10-11-13(3)12-15(6-2)14(4)16/h7-8,11H,5-6,9-10,12H2,1-4H3/b8-7-,13-11-. The molecule has 0 aromatic heterocycles. The molecule has 0 aromatic carbocycles. The summed E-state index contributed by atoms with van der Waals surface area (Å²) in [4.78, 5) is 13.1. The van der Waals surface area contributed by atoms with Crippen molar-refractivity contribution in [2.75, 3.05) is 13.1 Å². The van der Waals surface area contributed by atoms with Crippen molar-refractivity contribution in [3.05, 3.63) is 23.8 Å². The van der Waals surface area contributed by atoms with Crippen LogP contribution in [0.1, 0.15) is 47.0 Å². The Labute approximate surface area is 100 Å². The Balaban J connectivity index is 3.94. The van der Waals surface area contributed by atoms with Crippen molar-refractivity contribution < 1.29 is 4.79 Å². The maximum absolute atomic E-state index is 11.2. The van der Waals surface area contributed by atoms with E-state index in [1.54, 1.807) is 6.92 Å². The van der Waals surface area contributed by atoms with E-state index in [1.807, 2.05) is 11.8 Å². The lowest BCUT2D eigenvalue weighted by Crippen LogP contribution is -2.29. The largest absolute Gasteiger partial charge is 0.339 e. The minimum absolute atomic E-state index is 0.154. The van der Waals surface area contributed by atoms with Gasteiger partial charge in [0.05, 0.1) is 0 Å². The van der Waals surface area contributed by atoms with E-state index < -0.39 is 0 Å². The van der Waals surface area contributed by atoms with Crippen LogP contribution in [0.5, 0.6) is 0 Å². The van der Waals surface area contributed by atoms with Crippen molar-refractivity contribution in [1.29, 1.82) is 0 Å². The number of nitrogens with zero attached hydrogens (tertiary/aromatic N) is 1. The molecular weight excluding hydrogens is 198 g/mol. The van der Waals surface area contributed by atoms with Crippen molar-refractivity contribution in [3.63, 3.8) is 0 Å². The average molecular weight is 223 g/mol. The van der Waals surface area contributed by atoms with Gasteiger partial charge in [0, 0.05) is 20.0 Å². The quantitative estimate of drug-likeness (QED) is 0.477. The number of unbranched alkanes of at least 4 members (excludes halogenated alkanes) is 1. The Morgan fingerprint density at radius 1 is 1.12 bits per heavy atom. The van der Waals surface area contributed by atoms with Crippen LogP contribution in [0.4, 0.5) is 0 Å². The van der Waals surface area contributed by atoms with E-state index in [0.717, 1.165) is 32.4 Å². The van der Waals surface area contributed by atoms with Crippen LogP contribution < -0.4 is 0 Å². The highest BCUT2D eigenvalue weighted by molar-refractivity contribution is 5.73. The minimum Gasteiger partial charge on any atom is -0.339 e. The molecule has 0 aliphatic heterocycles. The van der Waals surface area contributed by atoms with E-state index in [2.05, 4.69) is 32.1 Å². The second-order valence-corrected chi connectivity index (χ2v) is 4.04. The van der Waals surface area contributed by atoms with E-state index in [4.69, 9.17) is 0 Å². The van der Waals surface area contributed by atoms with Gasteiger partial charge in [-0.05, 0) is 33.1 Å². The van der Waals surface area contributed by atoms with Crippen molar-refractivity contribution in [1.82, 2.24) is 4.90 Å². The number of carbonyl (C=O) groups is 1. The van der Waals surface area contributed by atoms with Gasteiger partial charge in [-0.3, -0.25) is 4.79 Å². The first-order chi connectivity index (χ1) is 7.61. The number of hydrogen-bond acceptors (Lipinski definition) is 1. The number of likely N-dealkylation sites (N-methyl/N-ethyl adjacent to an activating group) is 1. The zero-order valence-electron chi connectivity index (χ0n) is 11.1. The Hall–Kier alpha value is -1.05. The van der Waals surface area contributed by atoms with Crippen molar-refractivity contribution >= 4 is 5.91 Å². The summed E-state index contributed by atoms with van der Waals surface area (Å²) in [5.41, 5.74) is 1.28. The topological polar surface area (TPSA) is 20.3 Å². The molecule has 0 saturated carbocycles. The SMILES string of the molecule is CC/C=C\CC/C=C(/C)CN(CC)C(C)=O. The highest BCUT2D eigenvalue weighted by atomic mass is 16.2. The lowest BCUT2D eigenvalue weighted by atomic mass is 10.2. The molecule has 16 heavy (non-hydrogen) atoms. The highest BCUT2D eigenvalue weighted by Crippen LogP contribution is 2.03. The molecule has 0 saturated heterocycles. The molecule has 0 aliphatic carbocycles. The maximum atomic E-state index is 11.2. The summed E-state index contributed by atoms with van der Waals surface area (Å²) < 4.78 is 0. The normalized spacial score (nSPS) is 12.1. The van der Waals surface area contributed by atoms with Crippen LogP contribution >= 0.6 is 0 Å². The molecule has 0 unspecified atom stereocenters. The van der Waals surface area contributed by atoms with E-state index >= 15 is 0 Å². The molecule has 0 rings (SSSR count). The summed E-state index contributed by atoms with van der Waals surface area (Å²) in [6.07, 6.45) is 9.90. The van der Waals surface area contributed by atoms with Crippen molar-refractivity contribution in [2.45, 2.75) is 47.0 Å². The number of allylic oxidation sites excluding steroid dienone is 3. The number of amides is 1. The molecule has 0 fully saturated rings. The highest BCUT2D eigenvalue weighted by Gasteiger charge is 2.05. The predicted octanol–water partition coefficient (Wildman–Crippen LogP) is 3.55. The van der Waals surface area contributed by atoms with Crippen molar-refractivity contribution in [2.24, 2.45) is 0 Å². The van der Waals surface area contributed by atoms with Gasteiger partial charge >= 0.3 is 0 Å². The molecule has 0 aromatic rings. The van der Waals surface area contributed by atoms with Crippen LogP contribution in [-0.4, -0.2) is 23.9 Å². The van der Waals surface area contributed by atoms with E-state index in [0.29, 0.717) is 0 Å². The van der Waals surface area contributed by atoms with Gasteiger partial charge in [-0.25, -0.2) is 0 Å². The fourth-order valence-electron chi connectivity index (χ4n) is 1.52. The summed E-state index contributed by atoms with van der Waals surface area (Å²) in [5, 5.41) is 0. The smallest absolute Gasteiger partial charge is 0.219 e. The zero-order valence-corrected chi connectivity index (χ0v) is 11.1. The van der Waals surface area contributed by atoms with Gasteiger partial charge in [-0.15, -0.1) is 0 Å². The first-order valence-corrected chi connectivity index (χ1v) is 6.17. The number of carbonyl (C=O) groups excluding carboxylic acids is 1. The van der Waals surface area contributed by atoms with Gasteiger partial charge in [0.15, 0.2) is 0 Å². The van der Waals surface area contributed by atoms with Gasteiger partial charge in [-0.2, -0.15) is 0 Å². The Kier molecular flexibility index (Phi) is 8.59. The summed E-state index contributed by atoms with van der Waals surface area (Å²) in [6, 6.07) is 0. The van der Waals surface area contributed by atoms with Crippen molar-refractivity contribution in [3.8, 4) is 0 Å². The maximum Gasteiger partial charge on any atom is 0.219 e. The van der Waals surface area contributed by atoms with Gasteiger partial charge in [0.1, 0.15) is 0 Å². The van der Waals surface area contributed by atoms with Crippen LogP contribution in [-0.2, 0) is 4.79 Å². The fourth-order valence-corrected chi connectivity index (χ4v) is 1.52. The fraction of sp³-hybridized carbons (Fsp3) is 0.643. The summed E-state index contributed by atoms with van der Waals surface area (Å²) in [7, 11) is 0. The predicted molar refractivity (Wildman–Crippen MR) is 70.4 cm³/mol. The molecule has 0 bridgehead atoms. The van der Waals surface area contributed by atoms with E-state index in [1.165, 1.54) is 5.57 Å². The molecular formula is C14H25NO. The Morgan fingerprint density at radius 3 is 2.31 bits per heavy atom. The second kappa shape index (κ2) is 9.20. The summed E-state index contributed by atoms with van der Waals surface area (Å²) >= 11 is 0. The zero-order chi connectivity index (χ0) is 12.4. The molecule has 0 radical (unpaired) electrons.